The van der Waals surface area contributed by atoms with Crippen LogP contribution < -0.4 is 10.2 Å². The second kappa shape index (κ2) is 11.4. The number of piperidine rings is 1. The van der Waals surface area contributed by atoms with E-state index < -0.39 is 34.2 Å². The summed E-state index contributed by atoms with van der Waals surface area (Å²) < 4.78 is 30.0. The molecule has 5 N–H and O–H groups in total. The monoisotopic (exact) mass is 521 g/mol. The van der Waals surface area contributed by atoms with Gasteiger partial charge in [0.25, 0.3) is 0 Å². The van der Waals surface area contributed by atoms with Crippen molar-refractivity contribution >= 4 is 21.2 Å². The zero-order valence-corrected chi connectivity index (χ0v) is 21.1. The van der Waals surface area contributed by atoms with Gasteiger partial charge in [-0.15, -0.1) is 0 Å². The number of anilines is 2. The topological polar surface area (TPSA) is 143 Å². The van der Waals surface area contributed by atoms with E-state index >= 15 is 0 Å². The molecule has 0 spiro atoms. The normalized spacial score (nSPS) is 25.6. The molecule has 2 aliphatic heterocycles. The van der Waals surface area contributed by atoms with Gasteiger partial charge in [-0.25, -0.2) is 8.42 Å². The summed E-state index contributed by atoms with van der Waals surface area (Å²) >= 11 is 0. The average molecular weight is 522 g/mol. The van der Waals surface area contributed by atoms with Gasteiger partial charge in [0.05, 0.1) is 36.9 Å². The van der Waals surface area contributed by atoms with E-state index in [0.717, 1.165) is 16.8 Å². The molecule has 0 aromatic heterocycles. The van der Waals surface area contributed by atoms with Gasteiger partial charge in [0.15, 0.2) is 9.84 Å². The van der Waals surface area contributed by atoms with Crippen LogP contribution in [0.15, 0.2) is 47.4 Å². The molecule has 0 saturated carbocycles. The van der Waals surface area contributed by atoms with Crippen LogP contribution in [-0.2, 0) is 27.7 Å². The minimum Gasteiger partial charge on any atom is -0.395 e. The van der Waals surface area contributed by atoms with Crippen LogP contribution in [0, 0.1) is 0 Å². The molecule has 2 saturated heterocycles. The highest BCUT2D eigenvalue weighted by Gasteiger charge is 2.40. The second-order valence-electron chi connectivity index (χ2n) is 9.49. The van der Waals surface area contributed by atoms with Crippen molar-refractivity contribution in [3.63, 3.8) is 0 Å². The lowest BCUT2D eigenvalue weighted by Crippen LogP contribution is -2.62. The van der Waals surface area contributed by atoms with E-state index in [1.54, 1.807) is 17.0 Å². The number of likely N-dealkylation sites (tertiary alicyclic amines) is 1. The molecule has 2 heterocycles. The Bertz CT molecular complexity index is 1140. The highest BCUT2D eigenvalue weighted by atomic mass is 32.2. The lowest BCUT2D eigenvalue weighted by atomic mass is 9.93. The molecule has 2 fully saturated rings. The Kier molecular flexibility index (Phi) is 8.51. The third-order valence-corrected chi connectivity index (χ3v) is 7.88. The fourth-order valence-corrected chi connectivity index (χ4v) is 5.42. The van der Waals surface area contributed by atoms with E-state index in [-0.39, 0.29) is 18.0 Å². The summed E-state index contributed by atoms with van der Waals surface area (Å²) in [6.45, 7) is 3.21. The molecule has 2 aromatic carbocycles. The lowest BCUT2D eigenvalue weighted by molar-refractivity contribution is -0.147. The van der Waals surface area contributed by atoms with Crippen LogP contribution in [0.5, 0.6) is 0 Å². The van der Waals surface area contributed by atoms with Crippen LogP contribution in [0.1, 0.15) is 11.1 Å². The number of rotatable bonds is 8. The first kappa shape index (κ1) is 26.8. The van der Waals surface area contributed by atoms with Gasteiger partial charge < -0.3 is 35.4 Å². The summed E-state index contributed by atoms with van der Waals surface area (Å²) in [5, 5.41) is 43.3. The Balaban J connectivity index is 1.48. The molecule has 2 aromatic rings. The van der Waals surface area contributed by atoms with Crippen molar-refractivity contribution in [3.05, 3.63) is 53.6 Å². The van der Waals surface area contributed by atoms with Crippen molar-refractivity contribution in [3.8, 4) is 0 Å². The Morgan fingerprint density at radius 3 is 2.44 bits per heavy atom. The summed E-state index contributed by atoms with van der Waals surface area (Å²) in [6.07, 6.45) is -2.44. The van der Waals surface area contributed by atoms with Crippen LogP contribution >= 0.6 is 0 Å². The van der Waals surface area contributed by atoms with Crippen LogP contribution in [0.25, 0.3) is 0 Å². The molecule has 36 heavy (non-hydrogen) atoms. The number of morpholine rings is 1. The van der Waals surface area contributed by atoms with Gasteiger partial charge in [0.1, 0.15) is 12.2 Å². The predicted octanol–water partition coefficient (Wildman–Crippen LogP) is -0.202. The summed E-state index contributed by atoms with van der Waals surface area (Å²) in [5.74, 6) is 0. The van der Waals surface area contributed by atoms with Crippen LogP contribution in [0.4, 0.5) is 11.4 Å². The maximum Gasteiger partial charge on any atom is 0.175 e. The summed E-state index contributed by atoms with van der Waals surface area (Å²) in [7, 11) is -3.40. The van der Waals surface area contributed by atoms with E-state index in [1.165, 1.54) is 6.26 Å². The molecule has 0 amide bonds. The van der Waals surface area contributed by atoms with Crippen molar-refractivity contribution in [1.29, 1.82) is 0 Å². The summed E-state index contributed by atoms with van der Waals surface area (Å²) in [6, 6.07) is 12.3. The molecule has 10 nitrogen and oxygen atoms in total. The van der Waals surface area contributed by atoms with Gasteiger partial charge in [0.2, 0.25) is 0 Å². The number of aliphatic hydroxyl groups excluding tert-OH is 4. The fourth-order valence-electron chi connectivity index (χ4n) is 4.74. The fraction of sp³-hybridized carbons (Fsp3) is 0.520. The highest BCUT2D eigenvalue weighted by molar-refractivity contribution is 7.90. The average Bonchev–Trinajstić information content (AvgIpc) is 2.86. The highest BCUT2D eigenvalue weighted by Crippen LogP contribution is 2.27. The molecule has 0 bridgehead atoms. The van der Waals surface area contributed by atoms with E-state index in [2.05, 4.69) is 10.2 Å². The number of β-amino-alcohol motifs (C(OH)–C–C–N with tert-alkyl or cyclic N) is 1. The van der Waals surface area contributed by atoms with Gasteiger partial charge in [0, 0.05) is 50.4 Å². The van der Waals surface area contributed by atoms with Gasteiger partial charge in [-0.1, -0.05) is 24.3 Å². The molecular formula is C25H35N3O7S. The van der Waals surface area contributed by atoms with E-state index in [9.17, 15) is 28.8 Å². The smallest absolute Gasteiger partial charge is 0.175 e. The Labute approximate surface area is 211 Å². The third-order valence-electron chi connectivity index (χ3n) is 6.79. The molecule has 198 valence electrons. The first-order valence-electron chi connectivity index (χ1n) is 12.0. The largest absolute Gasteiger partial charge is 0.395 e. The van der Waals surface area contributed by atoms with Crippen molar-refractivity contribution in [1.82, 2.24) is 4.90 Å². The molecule has 0 radical (unpaired) electrons. The number of ether oxygens (including phenoxy) is 1. The molecular weight excluding hydrogens is 486 g/mol. The van der Waals surface area contributed by atoms with Crippen LogP contribution in [0.3, 0.4) is 0 Å². The number of sulfone groups is 1. The van der Waals surface area contributed by atoms with Crippen molar-refractivity contribution in [2.45, 2.75) is 42.3 Å². The van der Waals surface area contributed by atoms with Crippen LogP contribution in [-0.4, -0.2) is 104 Å². The maximum absolute atomic E-state index is 12.3. The Hall–Kier alpha value is -2.25. The first-order valence-corrected chi connectivity index (χ1v) is 13.9. The quantitative estimate of drug-likeness (QED) is 0.317. The number of nitrogens with one attached hydrogen (secondary N) is 1. The van der Waals surface area contributed by atoms with Gasteiger partial charge in [-0.3, -0.25) is 4.90 Å². The Morgan fingerprint density at radius 2 is 1.75 bits per heavy atom. The van der Waals surface area contributed by atoms with Crippen molar-refractivity contribution < 1.29 is 33.6 Å². The minimum atomic E-state index is -3.40. The molecule has 0 aliphatic carbocycles. The molecule has 11 heteroatoms. The number of nitrogens with zero attached hydrogens (tertiary/aromatic N) is 2. The molecule has 4 rings (SSSR count). The number of hydrogen-bond donors (Lipinski definition) is 5. The SMILES string of the molecule is CS(=O)(=O)c1cc(NCc2cccc(CN3C[C@H](O)[C@@H](O)[C@H](O)[C@H]3CO)c2)cc(N2CCOCC2)c1. The zero-order valence-electron chi connectivity index (χ0n) is 20.3. The van der Waals surface area contributed by atoms with E-state index in [1.807, 2.05) is 30.3 Å². The van der Waals surface area contributed by atoms with Crippen LogP contribution in [0.2, 0.25) is 0 Å². The van der Waals surface area contributed by atoms with Gasteiger partial charge in [-0.2, -0.15) is 0 Å². The first-order chi connectivity index (χ1) is 17.2. The standard InChI is InChI=1S/C25H35N3O7S/c1-36(33,34)21-11-19(10-20(12-21)27-5-7-35-8-6-27)26-13-17-3-2-4-18(9-17)14-28-15-23(30)25(32)24(31)22(28)16-29/h2-4,9-12,22-26,29-32H,5-8,13-16H2,1H3/t22-,23+,24-,25-/m1/s1. The summed E-state index contributed by atoms with van der Waals surface area (Å²) in [5.41, 5.74) is 3.41. The minimum absolute atomic E-state index is 0.133. The van der Waals surface area contributed by atoms with Gasteiger partial charge in [-0.05, 0) is 29.3 Å². The molecule has 4 atom stereocenters. The maximum atomic E-state index is 12.3. The number of aliphatic hydroxyl groups is 4. The predicted molar refractivity (Wildman–Crippen MR) is 136 cm³/mol. The van der Waals surface area contributed by atoms with E-state index in [4.69, 9.17) is 4.74 Å². The number of benzene rings is 2. The summed E-state index contributed by atoms with van der Waals surface area (Å²) in [4.78, 5) is 4.13. The van der Waals surface area contributed by atoms with Crippen molar-refractivity contribution in [2.75, 3.05) is 55.9 Å². The van der Waals surface area contributed by atoms with E-state index in [0.29, 0.717) is 45.1 Å². The van der Waals surface area contributed by atoms with Gasteiger partial charge >= 0.3 is 0 Å². The Morgan fingerprint density at radius 1 is 1.03 bits per heavy atom. The molecule has 0 unspecified atom stereocenters. The van der Waals surface area contributed by atoms with Crippen molar-refractivity contribution in [2.24, 2.45) is 0 Å². The number of hydrogen-bond acceptors (Lipinski definition) is 10. The zero-order chi connectivity index (χ0) is 25.9. The lowest BCUT2D eigenvalue weighted by Gasteiger charge is -2.43. The second-order valence-corrected chi connectivity index (χ2v) is 11.5. The molecule has 2 aliphatic rings. The third kappa shape index (κ3) is 6.35.